The Morgan fingerprint density at radius 3 is 2.74 bits per heavy atom. The Kier molecular flexibility index (Phi) is 3.74. The number of rotatable bonds is 2. The molecule has 0 bridgehead atoms. The number of hydrogen-bond acceptors (Lipinski definition) is 3. The van der Waals surface area contributed by atoms with E-state index in [4.69, 9.17) is 20.9 Å². The van der Waals surface area contributed by atoms with E-state index in [1.165, 1.54) is 0 Å². The van der Waals surface area contributed by atoms with Gasteiger partial charge in [0.05, 0.1) is 0 Å². The number of aliphatic imine (C=N–C) groups is 2. The van der Waals surface area contributed by atoms with E-state index in [0.29, 0.717) is 18.3 Å². The number of benzene rings is 1. The number of nitrogens with two attached hydrogens (primary N) is 2. The second kappa shape index (κ2) is 5.47. The third-order valence-electron chi connectivity index (χ3n) is 2.57. The third kappa shape index (κ3) is 2.87. The van der Waals surface area contributed by atoms with E-state index < -0.39 is 0 Å². The van der Waals surface area contributed by atoms with Crippen LogP contribution >= 0.6 is 0 Å². The summed E-state index contributed by atoms with van der Waals surface area (Å²) >= 11 is 0. The van der Waals surface area contributed by atoms with E-state index >= 15 is 0 Å². The molecule has 0 aliphatic carbocycles. The molecule has 1 aliphatic heterocycles. The molecule has 4 N–H and O–H groups in total. The minimum absolute atomic E-state index is 0.0280. The third-order valence-corrected chi connectivity index (χ3v) is 2.57. The number of hydrogen-bond donors (Lipinski definition) is 2. The van der Waals surface area contributed by atoms with Gasteiger partial charge in [0.2, 0.25) is 12.8 Å². The Hall–Kier alpha value is -2.44. The molecule has 0 fully saturated rings. The first-order valence-corrected chi connectivity index (χ1v) is 5.89. The molecule has 1 heterocycles. The topological polar surface area (TPSA) is 98.5 Å². The van der Waals surface area contributed by atoms with Gasteiger partial charge in [0.15, 0.2) is 17.5 Å². The Labute approximate surface area is 111 Å². The van der Waals surface area contributed by atoms with Gasteiger partial charge >= 0.3 is 0 Å². The Balaban J connectivity index is 2.29. The first-order valence-electron chi connectivity index (χ1n) is 5.89. The Morgan fingerprint density at radius 1 is 1.32 bits per heavy atom. The summed E-state index contributed by atoms with van der Waals surface area (Å²) < 4.78 is 10.6. The SMILES string of the molecule is CCN=C(N=C(N)N)N(C)c1ccc2c(c1)OCO2. The van der Waals surface area contributed by atoms with Crippen LogP contribution in [0.3, 0.4) is 0 Å². The van der Waals surface area contributed by atoms with Crippen molar-refractivity contribution in [1.29, 1.82) is 0 Å². The molecule has 0 saturated carbocycles. The van der Waals surface area contributed by atoms with Crippen LogP contribution in [-0.4, -0.2) is 32.3 Å². The van der Waals surface area contributed by atoms with E-state index in [0.717, 1.165) is 11.4 Å². The molecule has 19 heavy (non-hydrogen) atoms. The lowest BCUT2D eigenvalue weighted by Crippen LogP contribution is -2.31. The second-order valence-corrected chi connectivity index (χ2v) is 3.91. The predicted molar refractivity (Wildman–Crippen MR) is 74.8 cm³/mol. The van der Waals surface area contributed by atoms with Crippen LogP contribution < -0.4 is 25.8 Å². The van der Waals surface area contributed by atoms with Crippen LogP contribution in [0.4, 0.5) is 5.69 Å². The lowest BCUT2D eigenvalue weighted by atomic mass is 10.2. The molecular weight excluding hydrogens is 246 g/mol. The number of ether oxygens (including phenoxy) is 2. The summed E-state index contributed by atoms with van der Waals surface area (Å²) in [6.45, 7) is 2.74. The summed E-state index contributed by atoms with van der Waals surface area (Å²) in [6.07, 6.45) is 0. The molecule has 0 atom stereocenters. The normalized spacial score (nSPS) is 13.3. The number of fused-ring (bicyclic) bond motifs is 1. The van der Waals surface area contributed by atoms with Crippen molar-refractivity contribution in [2.24, 2.45) is 21.5 Å². The zero-order valence-electron chi connectivity index (χ0n) is 11.0. The average molecular weight is 263 g/mol. The van der Waals surface area contributed by atoms with Crippen LogP contribution in [0.15, 0.2) is 28.2 Å². The molecule has 0 unspecified atom stereocenters. The molecule has 0 spiro atoms. The van der Waals surface area contributed by atoms with Crippen LogP contribution in [0.25, 0.3) is 0 Å². The first-order chi connectivity index (χ1) is 9.11. The zero-order valence-corrected chi connectivity index (χ0v) is 11.0. The monoisotopic (exact) mass is 263 g/mol. The fourth-order valence-corrected chi connectivity index (χ4v) is 1.68. The van der Waals surface area contributed by atoms with Crippen LogP contribution in [0.5, 0.6) is 11.5 Å². The first kappa shape index (κ1) is 13.0. The van der Waals surface area contributed by atoms with Crippen LogP contribution in [0, 0.1) is 0 Å². The van der Waals surface area contributed by atoms with Crippen molar-refractivity contribution in [3.63, 3.8) is 0 Å². The summed E-state index contributed by atoms with van der Waals surface area (Å²) in [5, 5.41) is 0. The highest BCUT2D eigenvalue weighted by Crippen LogP contribution is 2.35. The van der Waals surface area contributed by atoms with Gasteiger partial charge in [0, 0.05) is 25.3 Å². The predicted octanol–water partition coefficient (Wildman–Crippen LogP) is 0.501. The molecule has 7 nitrogen and oxygen atoms in total. The Morgan fingerprint density at radius 2 is 2.05 bits per heavy atom. The summed E-state index contributed by atoms with van der Waals surface area (Å²) in [5.41, 5.74) is 11.7. The molecule has 102 valence electrons. The van der Waals surface area contributed by atoms with Gasteiger partial charge in [-0.25, -0.2) is 0 Å². The number of guanidine groups is 2. The highest BCUT2D eigenvalue weighted by Gasteiger charge is 2.16. The van der Waals surface area contributed by atoms with Crippen molar-refractivity contribution in [2.75, 3.05) is 25.3 Å². The van der Waals surface area contributed by atoms with E-state index in [1.807, 2.05) is 32.2 Å². The molecular formula is C12H17N5O2. The quantitative estimate of drug-likeness (QED) is 0.598. The molecule has 1 aromatic carbocycles. The van der Waals surface area contributed by atoms with E-state index in [1.54, 1.807) is 4.90 Å². The van der Waals surface area contributed by atoms with Gasteiger partial charge in [0.1, 0.15) is 0 Å². The second-order valence-electron chi connectivity index (χ2n) is 3.91. The number of nitrogens with zero attached hydrogens (tertiary/aromatic N) is 3. The molecule has 0 amide bonds. The molecule has 7 heteroatoms. The number of anilines is 1. The molecule has 0 radical (unpaired) electrons. The Bertz CT molecular complexity index is 523. The van der Waals surface area contributed by atoms with Crippen molar-refractivity contribution in [2.45, 2.75) is 6.92 Å². The molecule has 2 rings (SSSR count). The van der Waals surface area contributed by atoms with E-state index in [9.17, 15) is 0 Å². The summed E-state index contributed by atoms with van der Waals surface area (Å²) in [5.74, 6) is 1.85. The van der Waals surface area contributed by atoms with Gasteiger partial charge in [-0.15, -0.1) is 0 Å². The van der Waals surface area contributed by atoms with Crippen molar-refractivity contribution in [1.82, 2.24) is 0 Å². The van der Waals surface area contributed by atoms with Gasteiger partial charge in [-0.05, 0) is 19.1 Å². The van der Waals surface area contributed by atoms with Crippen molar-refractivity contribution in [3.05, 3.63) is 18.2 Å². The van der Waals surface area contributed by atoms with Gasteiger partial charge in [0.25, 0.3) is 0 Å². The van der Waals surface area contributed by atoms with Crippen molar-refractivity contribution >= 4 is 17.6 Å². The maximum absolute atomic E-state index is 5.41. The summed E-state index contributed by atoms with van der Waals surface area (Å²) in [6, 6.07) is 5.59. The van der Waals surface area contributed by atoms with E-state index in [2.05, 4.69) is 9.98 Å². The molecule has 1 aliphatic rings. The van der Waals surface area contributed by atoms with E-state index in [-0.39, 0.29) is 12.8 Å². The molecule has 1 aromatic rings. The molecule has 0 saturated heterocycles. The van der Waals surface area contributed by atoms with Crippen LogP contribution in [0.1, 0.15) is 6.92 Å². The van der Waals surface area contributed by atoms with Crippen LogP contribution in [0.2, 0.25) is 0 Å². The van der Waals surface area contributed by atoms with Gasteiger partial charge in [-0.3, -0.25) is 4.99 Å². The maximum Gasteiger partial charge on any atom is 0.231 e. The smallest absolute Gasteiger partial charge is 0.231 e. The van der Waals surface area contributed by atoms with Gasteiger partial charge < -0.3 is 25.8 Å². The van der Waals surface area contributed by atoms with Gasteiger partial charge in [-0.1, -0.05) is 0 Å². The zero-order chi connectivity index (χ0) is 13.8. The molecule has 0 aromatic heterocycles. The maximum atomic E-state index is 5.41. The summed E-state index contributed by atoms with van der Waals surface area (Å²) in [4.78, 5) is 10.1. The fraction of sp³-hybridized carbons (Fsp3) is 0.333. The standard InChI is InChI=1S/C12H17N5O2/c1-3-15-12(16-11(13)14)17(2)8-4-5-9-10(6-8)19-7-18-9/h4-6H,3,7H2,1-2H3,(H4,13,14,15,16). The minimum atomic E-state index is -0.0280. The van der Waals surface area contributed by atoms with Crippen LogP contribution in [-0.2, 0) is 0 Å². The minimum Gasteiger partial charge on any atom is -0.454 e. The highest BCUT2D eigenvalue weighted by molar-refractivity contribution is 6.02. The highest BCUT2D eigenvalue weighted by atomic mass is 16.7. The summed E-state index contributed by atoms with van der Waals surface area (Å²) in [7, 11) is 1.83. The van der Waals surface area contributed by atoms with Crippen molar-refractivity contribution in [3.8, 4) is 11.5 Å². The lowest BCUT2D eigenvalue weighted by molar-refractivity contribution is 0.174. The largest absolute Gasteiger partial charge is 0.454 e. The van der Waals surface area contributed by atoms with Crippen molar-refractivity contribution < 1.29 is 9.47 Å². The van der Waals surface area contributed by atoms with Gasteiger partial charge in [-0.2, -0.15) is 4.99 Å². The fourth-order valence-electron chi connectivity index (χ4n) is 1.68. The average Bonchev–Trinajstić information content (AvgIpc) is 2.84. The lowest BCUT2D eigenvalue weighted by Gasteiger charge is -2.18.